The van der Waals surface area contributed by atoms with Crippen LogP contribution < -0.4 is 10.1 Å². The normalized spacial score (nSPS) is 18.5. The van der Waals surface area contributed by atoms with E-state index in [1.807, 2.05) is 18.2 Å². The van der Waals surface area contributed by atoms with Gasteiger partial charge >= 0.3 is 0 Å². The van der Waals surface area contributed by atoms with Crippen molar-refractivity contribution in [3.05, 3.63) is 63.1 Å². The lowest BCUT2D eigenvalue weighted by Gasteiger charge is -2.27. The van der Waals surface area contributed by atoms with Gasteiger partial charge in [0.15, 0.2) is 0 Å². The molecule has 3 nitrogen and oxygen atoms in total. The molecule has 1 heterocycles. The molecule has 1 unspecified atom stereocenters. The summed E-state index contributed by atoms with van der Waals surface area (Å²) in [4.78, 5) is 12.5. The zero-order valence-corrected chi connectivity index (χ0v) is 15.1. The molecule has 0 saturated carbocycles. The minimum absolute atomic E-state index is 0.0215. The summed E-state index contributed by atoms with van der Waals surface area (Å²) in [5.74, 6) is 0.943. The zero-order chi connectivity index (χ0) is 16.5. The van der Waals surface area contributed by atoms with E-state index < -0.39 is 0 Å². The summed E-state index contributed by atoms with van der Waals surface area (Å²) in [6.07, 6.45) is 4.80. The van der Waals surface area contributed by atoms with E-state index in [9.17, 15) is 4.79 Å². The highest BCUT2D eigenvalue weighted by molar-refractivity contribution is 9.10. The van der Waals surface area contributed by atoms with Crippen LogP contribution in [0.1, 0.15) is 41.1 Å². The van der Waals surface area contributed by atoms with Crippen molar-refractivity contribution in [2.75, 3.05) is 6.61 Å². The fraction of sp³-hybridized carbons (Fsp3) is 0.350. The Labute approximate surface area is 150 Å². The number of fused-ring (bicyclic) bond motifs is 2. The first-order chi connectivity index (χ1) is 11.7. The topological polar surface area (TPSA) is 38.3 Å². The molecule has 124 valence electrons. The Morgan fingerprint density at radius 3 is 2.96 bits per heavy atom. The molecule has 2 aromatic rings. The van der Waals surface area contributed by atoms with Crippen LogP contribution in [0.4, 0.5) is 0 Å². The van der Waals surface area contributed by atoms with Gasteiger partial charge in [0, 0.05) is 16.5 Å². The van der Waals surface area contributed by atoms with Crippen molar-refractivity contribution in [2.24, 2.45) is 0 Å². The molecule has 4 rings (SSSR count). The molecule has 2 aromatic carbocycles. The van der Waals surface area contributed by atoms with Gasteiger partial charge in [-0.05, 0) is 54.2 Å². The number of hydrogen-bond donors (Lipinski definition) is 1. The van der Waals surface area contributed by atoms with Crippen LogP contribution in [0.15, 0.2) is 40.9 Å². The van der Waals surface area contributed by atoms with Crippen molar-refractivity contribution in [3.8, 4) is 5.75 Å². The van der Waals surface area contributed by atoms with Gasteiger partial charge in [-0.2, -0.15) is 0 Å². The number of rotatable bonds is 3. The number of halogens is 1. The van der Waals surface area contributed by atoms with Crippen LogP contribution in [0, 0.1) is 0 Å². The molecule has 0 bridgehead atoms. The molecule has 0 aromatic heterocycles. The molecule has 4 heteroatoms. The molecule has 2 aliphatic rings. The Balaban J connectivity index is 1.46. The second-order valence-corrected chi connectivity index (χ2v) is 7.49. The highest BCUT2D eigenvalue weighted by Crippen LogP contribution is 2.34. The number of carbonyl (C=O) groups is 1. The smallest absolute Gasteiger partial charge is 0.224 e. The second kappa shape index (κ2) is 6.60. The van der Waals surface area contributed by atoms with Gasteiger partial charge < -0.3 is 10.1 Å². The fourth-order valence-electron chi connectivity index (χ4n) is 3.68. The number of hydrogen-bond acceptors (Lipinski definition) is 2. The highest BCUT2D eigenvalue weighted by Gasteiger charge is 2.23. The van der Waals surface area contributed by atoms with Crippen molar-refractivity contribution >= 4 is 21.8 Å². The van der Waals surface area contributed by atoms with E-state index >= 15 is 0 Å². The molecule has 0 radical (unpaired) electrons. The first-order valence-corrected chi connectivity index (χ1v) is 9.30. The largest absolute Gasteiger partial charge is 0.493 e. The lowest BCUT2D eigenvalue weighted by Crippen LogP contribution is -2.33. The molecule has 1 amide bonds. The first kappa shape index (κ1) is 15.7. The maximum Gasteiger partial charge on any atom is 0.224 e. The third kappa shape index (κ3) is 3.20. The second-order valence-electron chi connectivity index (χ2n) is 6.57. The van der Waals surface area contributed by atoms with E-state index in [2.05, 4.69) is 39.4 Å². The summed E-state index contributed by atoms with van der Waals surface area (Å²) in [5, 5.41) is 3.18. The van der Waals surface area contributed by atoms with E-state index in [4.69, 9.17) is 4.74 Å². The Morgan fingerprint density at radius 2 is 2.04 bits per heavy atom. The molecule has 0 saturated heterocycles. The maximum absolute atomic E-state index is 12.5. The Morgan fingerprint density at radius 1 is 1.17 bits per heavy atom. The molecule has 1 N–H and O–H groups in total. The monoisotopic (exact) mass is 385 g/mol. The van der Waals surface area contributed by atoms with Gasteiger partial charge in [0.2, 0.25) is 5.91 Å². The summed E-state index contributed by atoms with van der Waals surface area (Å²) >= 11 is 3.50. The van der Waals surface area contributed by atoms with Gasteiger partial charge in [0.05, 0.1) is 19.1 Å². The molecule has 1 aliphatic carbocycles. The van der Waals surface area contributed by atoms with E-state index in [0.29, 0.717) is 13.0 Å². The minimum atomic E-state index is 0.0215. The van der Waals surface area contributed by atoms with Crippen LogP contribution in [-0.4, -0.2) is 12.5 Å². The molecular formula is C20H20BrNO2. The predicted octanol–water partition coefficient (Wildman–Crippen LogP) is 4.12. The van der Waals surface area contributed by atoms with Crippen molar-refractivity contribution < 1.29 is 9.53 Å². The summed E-state index contributed by atoms with van der Waals surface area (Å²) in [6.45, 7) is 0.637. The van der Waals surface area contributed by atoms with Crippen LogP contribution in [0.25, 0.3) is 0 Å². The van der Waals surface area contributed by atoms with Gasteiger partial charge in [-0.25, -0.2) is 0 Å². The Bertz CT molecular complexity index is 787. The molecular weight excluding hydrogens is 366 g/mol. The number of aryl methyl sites for hydroxylation is 2. The Hall–Kier alpha value is -1.81. The van der Waals surface area contributed by atoms with Crippen molar-refractivity contribution in [1.29, 1.82) is 0 Å². The Kier molecular flexibility index (Phi) is 4.31. The lowest BCUT2D eigenvalue weighted by atomic mass is 9.99. The van der Waals surface area contributed by atoms with Gasteiger partial charge in [0.1, 0.15) is 5.75 Å². The fourth-order valence-corrected chi connectivity index (χ4v) is 4.06. The summed E-state index contributed by atoms with van der Waals surface area (Å²) < 4.78 is 6.69. The SMILES string of the molecule is O=C(Cc1ccc2c(c1)CCC2)NC1CCOc2ccc(Br)cc21. The number of ether oxygens (including phenoxy) is 1. The number of benzene rings is 2. The molecule has 0 fully saturated rings. The molecule has 1 aliphatic heterocycles. The van der Waals surface area contributed by atoms with E-state index in [-0.39, 0.29) is 11.9 Å². The van der Waals surface area contributed by atoms with Gasteiger partial charge in [-0.15, -0.1) is 0 Å². The third-order valence-corrected chi connectivity index (χ3v) is 5.37. The molecule has 1 atom stereocenters. The summed E-state index contributed by atoms with van der Waals surface area (Å²) in [7, 11) is 0. The summed E-state index contributed by atoms with van der Waals surface area (Å²) in [5.41, 5.74) is 5.02. The standard InChI is InChI=1S/C20H20BrNO2/c21-16-6-7-19-17(12-16)18(8-9-24-19)22-20(23)11-13-4-5-14-2-1-3-15(14)10-13/h4-7,10,12,18H,1-3,8-9,11H2,(H,22,23). The number of amides is 1. The van der Waals surface area contributed by atoms with Crippen molar-refractivity contribution in [2.45, 2.75) is 38.1 Å². The van der Waals surface area contributed by atoms with E-state index in [1.54, 1.807) is 0 Å². The van der Waals surface area contributed by atoms with Gasteiger partial charge in [0.25, 0.3) is 0 Å². The third-order valence-electron chi connectivity index (χ3n) is 4.87. The quantitative estimate of drug-likeness (QED) is 0.862. The van der Waals surface area contributed by atoms with Crippen LogP contribution in [-0.2, 0) is 24.1 Å². The maximum atomic E-state index is 12.5. The van der Waals surface area contributed by atoms with Crippen molar-refractivity contribution in [1.82, 2.24) is 5.32 Å². The van der Waals surface area contributed by atoms with Gasteiger partial charge in [-0.3, -0.25) is 4.79 Å². The first-order valence-electron chi connectivity index (χ1n) is 8.51. The number of carbonyl (C=O) groups excluding carboxylic acids is 1. The molecule has 0 spiro atoms. The van der Waals surface area contributed by atoms with Crippen LogP contribution in [0.5, 0.6) is 5.75 Å². The lowest BCUT2D eigenvalue weighted by molar-refractivity contribution is -0.121. The van der Waals surface area contributed by atoms with Crippen molar-refractivity contribution in [3.63, 3.8) is 0 Å². The average molecular weight is 386 g/mol. The highest BCUT2D eigenvalue weighted by atomic mass is 79.9. The van der Waals surface area contributed by atoms with Crippen LogP contribution >= 0.6 is 15.9 Å². The average Bonchev–Trinajstić information content (AvgIpc) is 3.03. The van der Waals surface area contributed by atoms with E-state index in [0.717, 1.165) is 34.2 Å². The molecule has 24 heavy (non-hydrogen) atoms. The van der Waals surface area contributed by atoms with Crippen LogP contribution in [0.2, 0.25) is 0 Å². The summed E-state index contributed by atoms with van der Waals surface area (Å²) in [6, 6.07) is 12.5. The zero-order valence-electron chi connectivity index (χ0n) is 13.5. The van der Waals surface area contributed by atoms with Crippen LogP contribution in [0.3, 0.4) is 0 Å². The van der Waals surface area contributed by atoms with E-state index in [1.165, 1.54) is 24.0 Å². The number of nitrogens with one attached hydrogen (secondary N) is 1. The minimum Gasteiger partial charge on any atom is -0.493 e. The van der Waals surface area contributed by atoms with Gasteiger partial charge in [-0.1, -0.05) is 34.1 Å². The predicted molar refractivity (Wildman–Crippen MR) is 97.3 cm³/mol.